The molecule has 0 saturated carbocycles. The standard InChI is InChI=1S/C58H78N4O4/c1-13-19-27-41(15-3)37-61(49-29-23-21-25-39(49)7)43-31-33-45(47(35-43)59-55(65)57(9,10)17-5)51-53(63)52(54(51)64)46-34-32-44(36-48(46)60-56(66)58(11,12)18-6)62(38-42(16-4)28-20-14-2)50-30-24-22-26-40(50)8/h21-26,29-36,41-42H,13-20,27-28,37-38H2,1-12H3,(H2,59,60,63,64,65,66). The quantitative estimate of drug-likeness (QED) is 0.0772. The predicted molar refractivity (Wildman–Crippen MR) is 273 cm³/mol. The maximum absolute atomic E-state index is 14.8. The average Bonchev–Trinajstić information content (AvgIpc) is 3.31. The van der Waals surface area contributed by atoms with E-state index < -0.39 is 22.4 Å². The highest BCUT2D eigenvalue weighted by molar-refractivity contribution is 6.40. The van der Waals surface area contributed by atoms with Gasteiger partial charge in [-0.2, -0.15) is 4.58 Å². The van der Waals surface area contributed by atoms with Gasteiger partial charge in [0.25, 0.3) is 0 Å². The van der Waals surface area contributed by atoms with Crippen molar-refractivity contribution in [1.29, 1.82) is 0 Å². The molecule has 2 aliphatic carbocycles. The maximum Gasteiger partial charge on any atom is 0.230 e. The number of rotatable bonds is 22. The fourth-order valence-electron chi connectivity index (χ4n) is 8.60. The molecule has 5 rings (SSSR count). The Morgan fingerprint density at radius 2 is 1.32 bits per heavy atom. The Bertz CT molecular complexity index is 2410. The van der Waals surface area contributed by atoms with Gasteiger partial charge >= 0.3 is 0 Å². The number of ketones is 1. The lowest BCUT2D eigenvalue weighted by Crippen LogP contribution is -2.39. The number of hydrogen-bond donors (Lipinski definition) is 2. The molecule has 0 spiro atoms. The van der Waals surface area contributed by atoms with Crippen molar-refractivity contribution in [3.63, 3.8) is 0 Å². The normalized spacial score (nSPS) is 17.0. The van der Waals surface area contributed by atoms with Gasteiger partial charge < -0.3 is 20.6 Å². The molecule has 2 amide bonds. The van der Waals surface area contributed by atoms with Gasteiger partial charge in [-0.1, -0.05) is 150 Å². The Morgan fingerprint density at radius 3 is 1.89 bits per heavy atom. The van der Waals surface area contributed by atoms with Gasteiger partial charge in [-0.05, 0) is 81.7 Å². The number of hydrogen-bond acceptors (Lipinski definition) is 5. The second-order valence-corrected chi connectivity index (χ2v) is 19.9. The summed E-state index contributed by atoms with van der Waals surface area (Å²) >= 11 is 0. The largest absolute Gasteiger partial charge is 0.871 e. The van der Waals surface area contributed by atoms with E-state index in [0.29, 0.717) is 47.2 Å². The lowest BCUT2D eigenvalue weighted by molar-refractivity contribution is -0.449. The topological polar surface area (TPSA) is 105 Å². The van der Waals surface area contributed by atoms with Crippen LogP contribution in [0.4, 0.5) is 22.7 Å². The molecular weight excluding hydrogens is 817 g/mol. The predicted octanol–water partition coefficient (Wildman–Crippen LogP) is 13.0. The summed E-state index contributed by atoms with van der Waals surface area (Å²) < 4.78 is 2.32. The number of unbranched alkanes of at least 4 members (excludes halogenated alkanes) is 2. The molecule has 2 aliphatic rings. The minimum absolute atomic E-state index is 0.0245. The third-order valence-electron chi connectivity index (χ3n) is 14.4. The van der Waals surface area contributed by atoms with Crippen LogP contribution in [-0.2, 0) is 14.4 Å². The molecule has 2 unspecified atom stereocenters. The summed E-state index contributed by atoms with van der Waals surface area (Å²) in [5, 5.41) is 21.1. The molecule has 0 radical (unpaired) electrons. The third-order valence-corrected chi connectivity index (χ3v) is 14.4. The molecule has 0 aromatic heterocycles. The highest BCUT2D eigenvalue weighted by Gasteiger charge is 2.37. The van der Waals surface area contributed by atoms with E-state index in [1.807, 2.05) is 102 Å². The summed E-state index contributed by atoms with van der Waals surface area (Å²) in [5.74, 6) is -0.352. The first-order valence-corrected chi connectivity index (χ1v) is 24.9. The summed E-state index contributed by atoms with van der Waals surface area (Å²) in [5.41, 5.74) is 6.40. The number of benzene rings is 3. The van der Waals surface area contributed by atoms with Crippen molar-refractivity contribution in [1.82, 2.24) is 5.32 Å². The lowest BCUT2D eigenvalue weighted by atomic mass is 9.78. The van der Waals surface area contributed by atoms with Crippen LogP contribution >= 0.6 is 0 Å². The maximum atomic E-state index is 14.8. The third kappa shape index (κ3) is 11.7. The van der Waals surface area contributed by atoms with Crippen LogP contribution in [0.2, 0.25) is 0 Å². The fraction of sp³-hybridized carbons (Fsp3) is 0.483. The van der Waals surface area contributed by atoms with Gasteiger partial charge in [0, 0.05) is 80.7 Å². The van der Waals surface area contributed by atoms with E-state index in [-0.39, 0.29) is 23.0 Å². The van der Waals surface area contributed by atoms with Crippen LogP contribution < -0.4 is 20.6 Å². The zero-order valence-corrected chi connectivity index (χ0v) is 42.3. The number of anilines is 3. The molecular formula is C58H78N4O4. The molecule has 8 heteroatoms. The van der Waals surface area contributed by atoms with Gasteiger partial charge in [-0.15, -0.1) is 0 Å². The van der Waals surface area contributed by atoms with Gasteiger partial charge in [-0.3, -0.25) is 14.4 Å². The number of carbonyl (C=O) groups excluding carboxylic acids is 3. The number of allylic oxidation sites excluding steroid dienone is 5. The van der Waals surface area contributed by atoms with E-state index >= 15 is 0 Å². The summed E-state index contributed by atoms with van der Waals surface area (Å²) in [4.78, 5) is 45.1. The van der Waals surface area contributed by atoms with Crippen molar-refractivity contribution in [2.75, 3.05) is 23.3 Å². The van der Waals surface area contributed by atoms with Gasteiger partial charge in [0.15, 0.2) is 12.3 Å². The van der Waals surface area contributed by atoms with Crippen LogP contribution in [-0.4, -0.2) is 41.0 Å². The molecule has 0 heterocycles. The molecule has 0 fully saturated rings. The van der Waals surface area contributed by atoms with E-state index in [0.717, 1.165) is 98.4 Å². The first-order chi connectivity index (χ1) is 31.5. The molecule has 0 bridgehead atoms. The molecule has 3 aromatic carbocycles. The first kappa shape index (κ1) is 51.5. The van der Waals surface area contributed by atoms with Crippen LogP contribution in [0, 0.1) is 36.5 Å². The van der Waals surface area contributed by atoms with Crippen molar-refractivity contribution >= 4 is 51.6 Å². The second kappa shape index (κ2) is 22.8. The second-order valence-electron chi connectivity index (χ2n) is 19.9. The van der Waals surface area contributed by atoms with E-state index in [1.165, 1.54) is 0 Å². The number of aryl methyl sites for hydroxylation is 2. The number of nitrogens with one attached hydrogen (secondary N) is 2. The molecule has 8 nitrogen and oxygen atoms in total. The summed E-state index contributed by atoms with van der Waals surface area (Å²) in [6, 6.07) is 22.4. The molecule has 2 N–H and O–H groups in total. The van der Waals surface area contributed by atoms with Crippen molar-refractivity contribution in [2.45, 2.75) is 147 Å². The smallest absolute Gasteiger partial charge is 0.230 e. The number of amides is 2. The number of carbonyl (C=O) groups is 3. The van der Waals surface area contributed by atoms with Crippen molar-refractivity contribution in [2.24, 2.45) is 22.7 Å². The molecule has 66 heavy (non-hydrogen) atoms. The Labute approximate surface area is 397 Å². The molecule has 3 aromatic rings. The monoisotopic (exact) mass is 895 g/mol. The van der Waals surface area contributed by atoms with Crippen LogP contribution in [0.15, 0.2) is 108 Å². The highest BCUT2D eigenvalue weighted by Crippen LogP contribution is 2.44. The van der Waals surface area contributed by atoms with E-state index in [2.05, 4.69) is 85.9 Å². The van der Waals surface area contributed by atoms with Crippen molar-refractivity contribution < 1.29 is 24.1 Å². The van der Waals surface area contributed by atoms with Gasteiger partial charge in [0.1, 0.15) is 0 Å². The summed E-state index contributed by atoms with van der Waals surface area (Å²) in [6.07, 6.45) is 15.7. The minimum atomic E-state index is -0.702. The SMILES string of the molecule is CCCCC(CC)CN(c1ccc(C2=C([O-])/C(=C3/C=CC(=[N+](CC(CC)CCCC)c4ccccc4C)C=C3NC(=O)C(C)(C)CC)C2=O)c(NC(=O)C(C)(C)CC)c1)c1ccccc1C. The van der Waals surface area contributed by atoms with Crippen molar-refractivity contribution in [3.8, 4) is 0 Å². The Hall–Kier alpha value is -5.50. The van der Waals surface area contributed by atoms with Gasteiger partial charge in [0.05, 0.1) is 11.4 Å². The Morgan fingerprint density at radius 1 is 0.727 bits per heavy atom. The van der Waals surface area contributed by atoms with Gasteiger partial charge in [-0.25, -0.2) is 0 Å². The van der Waals surface area contributed by atoms with Crippen LogP contribution in [0.3, 0.4) is 0 Å². The highest BCUT2D eigenvalue weighted by atomic mass is 16.3. The van der Waals surface area contributed by atoms with Crippen LogP contribution in [0.1, 0.15) is 150 Å². The lowest BCUT2D eigenvalue weighted by Gasteiger charge is -2.36. The zero-order valence-electron chi connectivity index (χ0n) is 42.3. The van der Waals surface area contributed by atoms with Crippen molar-refractivity contribution in [3.05, 3.63) is 124 Å². The Balaban J connectivity index is 1.71. The van der Waals surface area contributed by atoms with Crippen LogP contribution in [0.5, 0.6) is 0 Å². The summed E-state index contributed by atoms with van der Waals surface area (Å²) in [7, 11) is 0. The molecule has 354 valence electrons. The minimum Gasteiger partial charge on any atom is -0.871 e. The van der Waals surface area contributed by atoms with E-state index in [1.54, 1.807) is 0 Å². The molecule has 0 aliphatic heterocycles. The zero-order chi connectivity index (χ0) is 48.3. The first-order valence-electron chi connectivity index (χ1n) is 24.9. The number of Topliss-reactive ketones (excluding diaryl/α,β-unsaturated/α-hetero) is 1. The fourth-order valence-corrected chi connectivity index (χ4v) is 8.60. The summed E-state index contributed by atoms with van der Waals surface area (Å²) in [6.45, 7) is 26.2. The van der Waals surface area contributed by atoms with E-state index in [9.17, 15) is 19.5 Å². The number of para-hydroxylation sites is 2. The molecule has 0 saturated heterocycles. The number of nitrogens with zero attached hydrogens (tertiary/aromatic N) is 2. The molecule has 2 atom stereocenters. The van der Waals surface area contributed by atoms with Crippen LogP contribution in [0.25, 0.3) is 5.57 Å². The van der Waals surface area contributed by atoms with E-state index in [4.69, 9.17) is 0 Å². The Kier molecular flexibility index (Phi) is 17.8. The average molecular weight is 895 g/mol. The van der Waals surface area contributed by atoms with Gasteiger partial charge in [0.2, 0.25) is 23.2 Å².